The Bertz CT molecular complexity index is 1080. The molecule has 0 radical (unpaired) electrons. The molecule has 1 atom stereocenters. The average Bonchev–Trinajstić information content (AvgIpc) is 2.76. The topological polar surface area (TPSA) is 77.6 Å². The van der Waals surface area contributed by atoms with Gasteiger partial charge in [0.15, 0.2) is 11.6 Å². The number of likely N-dealkylation sites (tertiary alicyclic amines) is 1. The molecule has 0 aliphatic carbocycles. The minimum absolute atomic E-state index is 0.0244. The van der Waals surface area contributed by atoms with Crippen LogP contribution in [-0.2, 0) is 4.79 Å². The summed E-state index contributed by atoms with van der Waals surface area (Å²) in [6, 6.07) is 5.05. The van der Waals surface area contributed by atoms with Crippen LogP contribution >= 0.6 is 0 Å². The van der Waals surface area contributed by atoms with Gasteiger partial charge in [-0.1, -0.05) is 13.8 Å². The van der Waals surface area contributed by atoms with Gasteiger partial charge in [0, 0.05) is 37.8 Å². The fraction of sp³-hybridized carbons (Fsp3) is 0.458. The lowest BCUT2D eigenvalue weighted by atomic mass is 9.98. The highest BCUT2D eigenvalue weighted by Crippen LogP contribution is 2.37. The Kier molecular flexibility index (Phi) is 6.23. The van der Waals surface area contributed by atoms with Crippen LogP contribution in [0.25, 0.3) is 0 Å². The van der Waals surface area contributed by atoms with Gasteiger partial charge >= 0.3 is 0 Å². The van der Waals surface area contributed by atoms with E-state index in [2.05, 4.69) is 15.6 Å². The first-order valence-electron chi connectivity index (χ1n) is 11.2. The highest BCUT2D eigenvalue weighted by atomic mass is 19.2. The molecule has 2 N–H and O–H groups in total. The minimum atomic E-state index is -1.02. The summed E-state index contributed by atoms with van der Waals surface area (Å²) in [5.41, 5.74) is 2.55. The number of aromatic nitrogens is 1. The molecule has 2 aromatic rings. The van der Waals surface area contributed by atoms with Gasteiger partial charge in [0.1, 0.15) is 11.9 Å². The number of amides is 2. The monoisotopic (exact) mass is 457 g/mol. The van der Waals surface area contributed by atoms with Crippen LogP contribution in [-0.4, -0.2) is 53.9 Å². The number of halogens is 2. The van der Waals surface area contributed by atoms with E-state index in [0.29, 0.717) is 25.9 Å². The van der Waals surface area contributed by atoms with Crippen molar-refractivity contribution >= 4 is 29.0 Å². The number of pyridine rings is 1. The molecule has 2 aliphatic heterocycles. The van der Waals surface area contributed by atoms with E-state index in [1.165, 1.54) is 6.07 Å². The largest absolute Gasteiger partial charge is 0.367 e. The molecule has 1 fully saturated rings. The SMILES string of the molecule is Cc1nc(NC2CCN(C(=O)c3ccc(F)c(F)c3)CC2)cc2c1NC(=O)C(C(C)C)N2C. The number of likely N-dealkylation sites (N-methyl/N-ethyl adjacent to an activating group) is 1. The smallest absolute Gasteiger partial charge is 0.253 e. The molecule has 33 heavy (non-hydrogen) atoms. The van der Waals surface area contributed by atoms with Crippen molar-refractivity contribution in [2.75, 3.05) is 35.7 Å². The zero-order chi connectivity index (χ0) is 23.9. The Hall–Kier alpha value is -3.23. The second-order valence-corrected chi connectivity index (χ2v) is 9.12. The Morgan fingerprint density at radius 1 is 1.18 bits per heavy atom. The number of nitrogens with zero attached hydrogens (tertiary/aromatic N) is 3. The van der Waals surface area contributed by atoms with Crippen molar-refractivity contribution < 1.29 is 18.4 Å². The van der Waals surface area contributed by atoms with E-state index >= 15 is 0 Å². The summed E-state index contributed by atoms with van der Waals surface area (Å²) >= 11 is 0. The third kappa shape index (κ3) is 4.49. The van der Waals surface area contributed by atoms with E-state index in [1.54, 1.807) is 4.90 Å². The van der Waals surface area contributed by atoms with E-state index in [9.17, 15) is 18.4 Å². The standard InChI is InChI=1S/C24H29F2N5O2/c1-13(2)22-23(32)29-21-14(3)27-20(12-19(21)30(22)4)28-16-7-9-31(10-8-16)24(33)15-5-6-17(25)18(26)11-15/h5-6,11-13,16,22H,7-10H2,1-4H3,(H,27,28)(H,29,32). The second-order valence-electron chi connectivity index (χ2n) is 9.12. The third-order valence-electron chi connectivity index (χ3n) is 6.43. The fourth-order valence-corrected chi connectivity index (χ4v) is 4.68. The lowest BCUT2D eigenvalue weighted by molar-refractivity contribution is -0.118. The molecule has 1 aromatic carbocycles. The molecule has 176 valence electrons. The summed E-state index contributed by atoms with van der Waals surface area (Å²) in [4.78, 5) is 33.5. The van der Waals surface area contributed by atoms with Crippen molar-refractivity contribution in [3.63, 3.8) is 0 Å². The van der Waals surface area contributed by atoms with Gasteiger partial charge in [-0.05, 0) is 43.9 Å². The number of piperidine rings is 1. The highest BCUT2D eigenvalue weighted by Gasteiger charge is 2.34. The van der Waals surface area contributed by atoms with E-state index in [1.807, 2.05) is 38.8 Å². The van der Waals surface area contributed by atoms with Crippen molar-refractivity contribution in [3.05, 3.63) is 47.2 Å². The minimum Gasteiger partial charge on any atom is -0.367 e. The molecule has 2 aliphatic rings. The Morgan fingerprint density at radius 2 is 1.88 bits per heavy atom. The summed E-state index contributed by atoms with van der Waals surface area (Å²) in [6.07, 6.45) is 1.41. The second kappa shape index (κ2) is 8.96. The van der Waals surface area contributed by atoms with Gasteiger partial charge < -0.3 is 20.4 Å². The molecule has 1 aromatic heterocycles. The van der Waals surface area contributed by atoms with Crippen LogP contribution in [0.2, 0.25) is 0 Å². The quantitative estimate of drug-likeness (QED) is 0.730. The van der Waals surface area contributed by atoms with Gasteiger partial charge in [0.25, 0.3) is 5.91 Å². The summed E-state index contributed by atoms with van der Waals surface area (Å²) in [5.74, 6) is -1.43. The zero-order valence-electron chi connectivity index (χ0n) is 19.3. The summed E-state index contributed by atoms with van der Waals surface area (Å²) < 4.78 is 26.7. The van der Waals surface area contributed by atoms with Crippen LogP contribution in [0.3, 0.4) is 0 Å². The molecule has 0 spiro atoms. The van der Waals surface area contributed by atoms with Gasteiger partial charge in [-0.15, -0.1) is 0 Å². The first-order valence-corrected chi connectivity index (χ1v) is 11.2. The molecule has 9 heteroatoms. The van der Waals surface area contributed by atoms with Crippen LogP contribution in [0.1, 0.15) is 42.7 Å². The van der Waals surface area contributed by atoms with Gasteiger partial charge in [0.05, 0.1) is 17.1 Å². The van der Waals surface area contributed by atoms with Crippen LogP contribution in [0, 0.1) is 24.5 Å². The molecule has 4 rings (SSSR count). The first-order chi connectivity index (χ1) is 15.7. The maximum absolute atomic E-state index is 13.5. The number of benzene rings is 1. The molecule has 0 saturated carbocycles. The normalized spacial score (nSPS) is 18.9. The Balaban J connectivity index is 1.43. The van der Waals surface area contributed by atoms with Gasteiger partial charge in [-0.2, -0.15) is 0 Å². The third-order valence-corrected chi connectivity index (χ3v) is 6.43. The van der Waals surface area contributed by atoms with Crippen molar-refractivity contribution in [2.24, 2.45) is 5.92 Å². The fourth-order valence-electron chi connectivity index (χ4n) is 4.68. The van der Waals surface area contributed by atoms with E-state index < -0.39 is 11.6 Å². The molecule has 2 amide bonds. The molecular formula is C24H29F2N5O2. The van der Waals surface area contributed by atoms with Crippen LogP contribution in [0.5, 0.6) is 0 Å². The predicted octanol–water partition coefficient (Wildman–Crippen LogP) is 3.80. The molecule has 1 unspecified atom stereocenters. The summed E-state index contributed by atoms with van der Waals surface area (Å²) in [6.45, 7) is 6.93. The van der Waals surface area contributed by atoms with E-state index in [4.69, 9.17) is 0 Å². The Morgan fingerprint density at radius 3 is 2.52 bits per heavy atom. The number of carbonyl (C=O) groups is 2. The van der Waals surface area contributed by atoms with Crippen molar-refractivity contribution in [1.29, 1.82) is 0 Å². The predicted molar refractivity (Wildman–Crippen MR) is 124 cm³/mol. The maximum Gasteiger partial charge on any atom is 0.253 e. The molecule has 1 saturated heterocycles. The number of anilines is 3. The zero-order valence-corrected chi connectivity index (χ0v) is 19.3. The van der Waals surface area contributed by atoms with Crippen LogP contribution in [0.4, 0.5) is 26.0 Å². The van der Waals surface area contributed by atoms with Crippen molar-refractivity contribution in [2.45, 2.75) is 45.7 Å². The van der Waals surface area contributed by atoms with Gasteiger partial charge in [-0.3, -0.25) is 9.59 Å². The number of carbonyl (C=O) groups excluding carboxylic acids is 2. The number of nitrogens with one attached hydrogen (secondary N) is 2. The van der Waals surface area contributed by atoms with Gasteiger partial charge in [-0.25, -0.2) is 13.8 Å². The average molecular weight is 458 g/mol. The van der Waals surface area contributed by atoms with Gasteiger partial charge in [0.2, 0.25) is 5.91 Å². The van der Waals surface area contributed by atoms with Crippen molar-refractivity contribution in [3.8, 4) is 0 Å². The lowest BCUT2D eigenvalue weighted by Crippen LogP contribution is -2.49. The molecule has 0 bridgehead atoms. The molecule has 7 nitrogen and oxygen atoms in total. The van der Waals surface area contributed by atoms with Crippen molar-refractivity contribution in [1.82, 2.24) is 9.88 Å². The Labute approximate surface area is 192 Å². The number of hydrogen-bond acceptors (Lipinski definition) is 5. The first kappa shape index (κ1) is 22.9. The summed E-state index contributed by atoms with van der Waals surface area (Å²) in [5, 5.41) is 6.46. The maximum atomic E-state index is 13.5. The molecule has 3 heterocycles. The number of hydrogen-bond donors (Lipinski definition) is 2. The number of fused-ring (bicyclic) bond motifs is 1. The highest BCUT2D eigenvalue weighted by molar-refractivity contribution is 6.04. The van der Waals surface area contributed by atoms with E-state index in [-0.39, 0.29) is 35.4 Å². The lowest BCUT2D eigenvalue weighted by Gasteiger charge is -2.38. The van der Waals surface area contributed by atoms with Crippen LogP contribution < -0.4 is 15.5 Å². The van der Waals surface area contributed by atoms with Crippen LogP contribution in [0.15, 0.2) is 24.3 Å². The number of rotatable bonds is 4. The summed E-state index contributed by atoms with van der Waals surface area (Å²) in [7, 11) is 1.92. The molecular weight excluding hydrogens is 428 g/mol. The number of aryl methyl sites for hydroxylation is 1. The van der Waals surface area contributed by atoms with E-state index in [0.717, 1.165) is 35.0 Å².